The van der Waals surface area contributed by atoms with E-state index < -0.39 is 16.1 Å². The van der Waals surface area contributed by atoms with Crippen molar-refractivity contribution < 1.29 is 22.4 Å². The van der Waals surface area contributed by atoms with Gasteiger partial charge in [0.25, 0.3) is 12.7 Å². The molecular formula is C34H38N3O5S+. The molecule has 1 amide bonds. The van der Waals surface area contributed by atoms with Crippen LogP contribution in [0.4, 0.5) is 0 Å². The van der Waals surface area contributed by atoms with E-state index in [0.29, 0.717) is 36.6 Å². The summed E-state index contributed by atoms with van der Waals surface area (Å²) in [7, 11) is -2.68. The summed E-state index contributed by atoms with van der Waals surface area (Å²) < 4.78 is 36.1. The standard InChI is InChI=1S/C34H37N3O5S/c1-5-7-13-31(38)26-19-25-20-27(42-4)15-17-28(25)33-32(23-11-9-8-10-12-23)29-16-14-24(21-30(29)37(33)22-26)34(39)35-43(40,41)36(3)18-6-2/h5-6,14-17,19-21,23H,1-2,4,7-13,18,22H2,3H3/p+1. The van der Waals surface area contributed by atoms with Crippen LogP contribution in [0, 0.1) is 0 Å². The van der Waals surface area contributed by atoms with Gasteiger partial charge in [0.15, 0.2) is 5.78 Å². The average molecular weight is 601 g/mol. The quantitative estimate of drug-likeness (QED) is 0.202. The van der Waals surface area contributed by atoms with Crippen LogP contribution in [0.5, 0.6) is 5.75 Å². The number of likely N-dealkylation sites (N-methyl/N-ethyl adjacent to an activating group) is 1. The second kappa shape index (κ2) is 12.7. The SMILES string of the molecule is C=CCCC(=O)C1=Cc2cc([O+]=C)ccc2-c2c(C3CCCCC3)c3ccc(C(=O)NS(=O)(=O)N(C)CC=C)cc3n2C1. The molecule has 3 aromatic rings. The lowest BCUT2D eigenvalue weighted by molar-refractivity contribution is -0.354. The van der Waals surface area contributed by atoms with Crippen molar-refractivity contribution in [1.82, 2.24) is 13.6 Å². The highest BCUT2D eigenvalue weighted by Crippen LogP contribution is 2.47. The van der Waals surface area contributed by atoms with Crippen molar-refractivity contribution in [1.29, 1.82) is 0 Å². The number of hydrogen-bond donors (Lipinski definition) is 1. The van der Waals surface area contributed by atoms with Crippen LogP contribution in [0.15, 0.2) is 67.3 Å². The zero-order chi connectivity index (χ0) is 30.7. The Morgan fingerprint density at radius 3 is 2.56 bits per heavy atom. The number of carbonyl (C=O) groups is 2. The molecule has 2 aromatic carbocycles. The predicted molar refractivity (Wildman–Crippen MR) is 171 cm³/mol. The van der Waals surface area contributed by atoms with E-state index in [0.717, 1.165) is 57.7 Å². The summed E-state index contributed by atoms with van der Waals surface area (Å²) in [5.41, 5.74) is 5.71. The second-order valence-corrected chi connectivity index (χ2v) is 13.0. The first-order chi connectivity index (χ1) is 20.7. The lowest BCUT2D eigenvalue weighted by atomic mass is 9.81. The number of fused-ring (bicyclic) bond motifs is 5. The predicted octanol–water partition coefficient (Wildman–Crippen LogP) is 6.46. The van der Waals surface area contributed by atoms with Gasteiger partial charge in [-0.2, -0.15) is 12.7 Å². The number of rotatable bonds is 11. The molecule has 1 aliphatic carbocycles. The summed E-state index contributed by atoms with van der Waals surface area (Å²) >= 11 is 0. The Hall–Kier alpha value is -4.08. The zero-order valence-electron chi connectivity index (χ0n) is 24.6. The number of benzene rings is 2. The molecule has 0 radical (unpaired) electrons. The van der Waals surface area contributed by atoms with Gasteiger partial charge in [0.2, 0.25) is 0 Å². The number of ketones is 1. The van der Waals surface area contributed by atoms with Crippen molar-refractivity contribution in [3.63, 3.8) is 0 Å². The highest BCUT2D eigenvalue weighted by atomic mass is 32.2. The molecule has 1 aliphatic heterocycles. The van der Waals surface area contributed by atoms with Crippen molar-refractivity contribution in [3.8, 4) is 17.0 Å². The molecule has 1 N–H and O–H groups in total. The molecule has 1 aromatic heterocycles. The number of aromatic nitrogens is 1. The minimum Gasteiger partial charge on any atom is -0.336 e. The van der Waals surface area contributed by atoms with Crippen LogP contribution >= 0.6 is 0 Å². The van der Waals surface area contributed by atoms with Gasteiger partial charge in [-0.1, -0.05) is 37.5 Å². The molecule has 0 bridgehead atoms. The lowest BCUT2D eigenvalue weighted by Gasteiger charge is -2.23. The molecule has 0 atom stereocenters. The maximum absolute atomic E-state index is 13.5. The van der Waals surface area contributed by atoms with Gasteiger partial charge in [-0.15, -0.1) is 13.2 Å². The van der Waals surface area contributed by atoms with Crippen molar-refractivity contribution in [2.75, 3.05) is 13.6 Å². The number of amides is 1. The van der Waals surface area contributed by atoms with E-state index in [4.69, 9.17) is 4.42 Å². The van der Waals surface area contributed by atoms with Crippen LogP contribution in [-0.4, -0.2) is 49.4 Å². The van der Waals surface area contributed by atoms with Crippen LogP contribution in [0.2, 0.25) is 0 Å². The molecule has 0 unspecified atom stereocenters. The third-order valence-electron chi connectivity index (χ3n) is 8.43. The minimum atomic E-state index is -4.06. The largest absolute Gasteiger partial charge is 0.352 e. The number of nitrogens with one attached hydrogen (secondary N) is 1. The summed E-state index contributed by atoms with van der Waals surface area (Å²) in [6.45, 7) is 11.3. The number of Topliss-reactive ketones (excluding diaryl/α,β-unsaturated/α-hetero) is 1. The molecule has 1 saturated carbocycles. The van der Waals surface area contributed by atoms with E-state index in [1.807, 2.05) is 30.3 Å². The van der Waals surface area contributed by atoms with Crippen LogP contribution in [0.25, 0.3) is 28.2 Å². The van der Waals surface area contributed by atoms with E-state index in [9.17, 15) is 18.0 Å². The molecule has 0 spiro atoms. The number of hydrogen-bond acceptors (Lipinski definition) is 4. The summed E-state index contributed by atoms with van der Waals surface area (Å²) in [4.78, 5) is 26.7. The molecule has 224 valence electrons. The third-order valence-corrected chi connectivity index (χ3v) is 9.85. The van der Waals surface area contributed by atoms with Gasteiger partial charge >= 0.3 is 16.0 Å². The van der Waals surface area contributed by atoms with Gasteiger partial charge in [0.1, 0.15) is 0 Å². The Kier molecular flexibility index (Phi) is 8.94. The fourth-order valence-electron chi connectivity index (χ4n) is 6.24. The van der Waals surface area contributed by atoms with Gasteiger partial charge in [-0.25, -0.2) is 9.15 Å². The van der Waals surface area contributed by atoms with Gasteiger partial charge in [0.05, 0.1) is 18.3 Å². The molecule has 2 aliphatic rings. The van der Waals surface area contributed by atoms with Crippen LogP contribution < -0.4 is 4.72 Å². The summed E-state index contributed by atoms with van der Waals surface area (Å²) in [5.74, 6) is 0.204. The molecule has 5 rings (SSSR count). The monoisotopic (exact) mass is 600 g/mol. The molecule has 1 fully saturated rings. The van der Waals surface area contributed by atoms with Gasteiger partial charge < -0.3 is 4.57 Å². The first-order valence-electron chi connectivity index (χ1n) is 14.6. The van der Waals surface area contributed by atoms with Crippen molar-refractivity contribution in [2.24, 2.45) is 0 Å². The smallest absolute Gasteiger partial charge is 0.336 e. The third kappa shape index (κ3) is 6.05. The van der Waals surface area contributed by atoms with Crippen LogP contribution in [0.3, 0.4) is 0 Å². The highest BCUT2D eigenvalue weighted by molar-refractivity contribution is 7.87. The topological polar surface area (TPSA) is 99.8 Å². The maximum atomic E-state index is 13.5. The van der Waals surface area contributed by atoms with E-state index >= 15 is 0 Å². The summed E-state index contributed by atoms with van der Waals surface area (Å²) in [6, 6.07) is 11.1. The lowest BCUT2D eigenvalue weighted by Crippen LogP contribution is -2.41. The van der Waals surface area contributed by atoms with Crippen LogP contribution in [-0.2, 0) is 26.0 Å². The van der Waals surface area contributed by atoms with Gasteiger partial charge in [-0.3, -0.25) is 9.59 Å². The molecule has 2 heterocycles. The normalized spacial score (nSPS) is 15.3. The fourth-order valence-corrected chi connectivity index (χ4v) is 7.05. The zero-order valence-corrected chi connectivity index (χ0v) is 25.4. The van der Waals surface area contributed by atoms with E-state index in [2.05, 4.69) is 29.2 Å². The maximum Gasteiger partial charge on any atom is 0.352 e. The van der Waals surface area contributed by atoms with E-state index in [-0.39, 0.29) is 17.9 Å². The number of carbonyl (C=O) groups excluding carboxylic acids is 3. The molecular weight excluding hydrogens is 562 g/mol. The minimum absolute atomic E-state index is 0.0194. The Morgan fingerprint density at radius 2 is 1.86 bits per heavy atom. The first-order valence-corrected chi connectivity index (χ1v) is 16.1. The molecule has 9 heteroatoms. The number of nitrogens with zero attached hydrogens (tertiary/aromatic N) is 2. The Morgan fingerprint density at radius 1 is 1.09 bits per heavy atom. The van der Waals surface area contributed by atoms with Gasteiger partial charge in [0, 0.05) is 53.7 Å². The summed E-state index contributed by atoms with van der Waals surface area (Å²) in [6.07, 6.45) is 11.6. The fraction of sp³-hybridized carbons (Fsp3) is 0.324. The summed E-state index contributed by atoms with van der Waals surface area (Å²) in [5, 5.41) is 1.01. The number of allylic oxidation sites excluding steroid dienone is 2. The average Bonchev–Trinajstić information content (AvgIpc) is 3.22. The Bertz CT molecular complexity index is 1760. The van der Waals surface area contributed by atoms with Crippen molar-refractivity contribution >= 4 is 45.7 Å². The van der Waals surface area contributed by atoms with E-state index in [1.165, 1.54) is 25.1 Å². The van der Waals surface area contributed by atoms with Gasteiger partial charge in [-0.05, 0) is 60.6 Å². The highest BCUT2D eigenvalue weighted by Gasteiger charge is 2.31. The van der Waals surface area contributed by atoms with Crippen LogP contribution in [0.1, 0.15) is 72.3 Å². The molecule has 0 saturated heterocycles. The Labute approximate surface area is 253 Å². The Balaban J connectivity index is 1.72. The molecule has 43 heavy (non-hydrogen) atoms. The van der Waals surface area contributed by atoms with Crippen molar-refractivity contribution in [2.45, 2.75) is 57.4 Å². The first kappa shape index (κ1) is 30.4. The molecule has 8 nitrogen and oxygen atoms in total. The second-order valence-electron chi connectivity index (χ2n) is 11.2. The van der Waals surface area contributed by atoms with Crippen molar-refractivity contribution in [3.05, 3.63) is 84.0 Å². The van der Waals surface area contributed by atoms with E-state index in [1.54, 1.807) is 18.2 Å².